The number of ether oxygens (including phenoxy) is 2. The van der Waals surface area contributed by atoms with Crippen molar-refractivity contribution in [2.75, 3.05) is 13.7 Å². The van der Waals surface area contributed by atoms with E-state index in [1.807, 2.05) is 57.2 Å². The normalized spacial score (nSPS) is 11.2. The summed E-state index contributed by atoms with van der Waals surface area (Å²) in [4.78, 5) is 9.02. The van der Waals surface area contributed by atoms with E-state index >= 15 is 0 Å². The van der Waals surface area contributed by atoms with Gasteiger partial charge in [-0.05, 0) is 56.2 Å². The van der Waals surface area contributed by atoms with Crippen molar-refractivity contribution in [1.29, 1.82) is 0 Å². The van der Waals surface area contributed by atoms with Crippen molar-refractivity contribution in [3.05, 3.63) is 65.0 Å². The maximum atomic E-state index is 5.96. The molecule has 0 saturated heterocycles. The summed E-state index contributed by atoms with van der Waals surface area (Å²) in [5.74, 6) is 1.71. The van der Waals surface area contributed by atoms with Crippen molar-refractivity contribution in [2.45, 2.75) is 27.4 Å². The summed E-state index contributed by atoms with van der Waals surface area (Å²) < 4.78 is 11.7. The first kappa shape index (κ1) is 18.5. The fourth-order valence-corrected chi connectivity index (χ4v) is 2.32. The lowest BCUT2D eigenvalue weighted by atomic mass is 10.1. The third kappa shape index (κ3) is 5.64. The molecule has 0 atom stereocenters. The lowest BCUT2D eigenvalue weighted by Gasteiger charge is -2.14. The Morgan fingerprint density at radius 2 is 1.88 bits per heavy atom. The van der Waals surface area contributed by atoms with Gasteiger partial charge < -0.3 is 14.3 Å². The molecule has 0 saturated carbocycles. The number of benzene rings is 1. The number of hydrogen-bond acceptors (Lipinski definition) is 5. The molecule has 1 heterocycles. The highest BCUT2D eigenvalue weighted by molar-refractivity contribution is 5.78. The van der Waals surface area contributed by atoms with Crippen LogP contribution in [0.25, 0.3) is 0 Å². The molecular formula is C20H24N2O3. The number of aromatic nitrogens is 1. The van der Waals surface area contributed by atoms with Gasteiger partial charge in [-0.2, -0.15) is 0 Å². The van der Waals surface area contributed by atoms with Gasteiger partial charge in [0.2, 0.25) is 0 Å². The van der Waals surface area contributed by atoms with Gasteiger partial charge in [-0.3, -0.25) is 4.98 Å². The van der Waals surface area contributed by atoms with Crippen LogP contribution in [-0.4, -0.2) is 24.9 Å². The molecule has 1 aromatic carbocycles. The van der Waals surface area contributed by atoms with E-state index in [2.05, 4.69) is 15.0 Å². The quantitative estimate of drug-likeness (QED) is 0.410. The molecule has 2 rings (SSSR count). The van der Waals surface area contributed by atoms with Crippen LogP contribution >= 0.6 is 0 Å². The third-order valence-corrected chi connectivity index (χ3v) is 3.53. The Bertz CT molecular complexity index is 714. The molecule has 2 aromatic rings. The number of nitrogens with zero attached hydrogens (tertiary/aromatic N) is 2. The predicted molar refractivity (Wildman–Crippen MR) is 99.4 cm³/mol. The van der Waals surface area contributed by atoms with Gasteiger partial charge in [0.1, 0.15) is 31.8 Å². The summed E-state index contributed by atoms with van der Waals surface area (Å²) in [5.41, 5.74) is 3.81. The van der Waals surface area contributed by atoms with Gasteiger partial charge in [0.05, 0.1) is 11.9 Å². The second-order valence-corrected chi connectivity index (χ2v) is 5.55. The average Bonchev–Trinajstić information content (AvgIpc) is 2.60. The number of pyridine rings is 1. The van der Waals surface area contributed by atoms with E-state index in [0.29, 0.717) is 13.2 Å². The minimum Gasteiger partial charge on any atom is -0.490 e. The Morgan fingerprint density at radius 1 is 1.12 bits per heavy atom. The fourth-order valence-electron chi connectivity index (χ4n) is 2.32. The smallest absolute Gasteiger partial charge is 0.130 e. The van der Waals surface area contributed by atoms with Crippen molar-refractivity contribution in [2.24, 2.45) is 5.16 Å². The van der Waals surface area contributed by atoms with Gasteiger partial charge in [0.15, 0.2) is 0 Å². The SMILES string of the molecule is C/C=C/COc1cc(C)c(OCc2ccc(C=NOC)cn2)c(C)c1. The molecule has 0 aliphatic carbocycles. The topological polar surface area (TPSA) is 52.9 Å². The van der Waals surface area contributed by atoms with Crippen LogP contribution in [0.5, 0.6) is 11.5 Å². The van der Waals surface area contributed by atoms with Gasteiger partial charge in [-0.1, -0.05) is 17.3 Å². The summed E-state index contributed by atoms with van der Waals surface area (Å²) in [6, 6.07) is 7.81. The molecule has 0 unspecified atom stereocenters. The first-order valence-electron chi connectivity index (χ1n) is 8.13. The van der Waals surface area contributed by atoms with Crippen LogP contribution in [0, 0.1) is 13.8 Å². The molecule has 25 heavy (non-hydrogen) atoms. The van der Waals surface area contributed by atoms with Gasteiger partial charge in [-0.15, -0.1) is 0 Å². The summed E-state index contributed by atoms with van der Waals surface area (Å²) in [7, 11) is 1.51. The summed E-state index contributed by atoms with van der Waals surface area (Å²) >= 11 is 0. The van der Waals surface area contributed by atoms with E-state index < -0.39 is 0 Å². The lowest BCUT2D eigenvalue weighted by Crippen LogP contribution is -2.02. The number of oxime groups is 1. The van der Waals surface area contributed by atoms with Gasteiger partial charge in [0, 0.05) is 11.8 Å². The van der Waals surface area contributed by atoms with E-state index in [4.69, 9.17) is 9.47 Å². The number of hydrogen-bond donors (Lipinski definition) is 0. The standard InChI is InChI=1S/C20H24N2O3/c1-5-6-9-24-19-10-15(2)20(16(3)11-19)25-14-18-8-7-17(12-21-18)13-22-23-4/h5-8,10-13H,9,14H2,1-4H3/b6-5+,22-13?. The average molecular weight is 340 g/mol. The molecule has 0 aliphatic rings. The van der Waals surface area contributed by atoms with Crippen molar-refractivity contribution in [3.63, 3.8) is 0 Å². The van der Waals surface area contributed by atoms with Gasteiger partial charge in [-0.25, -0.2) is 0 Å². The zero-order valence-electron chi connectivity index (χ0n) is 15.2. The maximum Gasteiger partial charge on any atom is 0.130 e. The predicted octanol–water partition coefficient (Wildman–Crippen LogP) is 4.21. The van der Waals surface area contributed by atoms with Crippen LogP contribution in [0.2, 0.25) is 0 Å². The molecule has 0 N–H and O–H groups in total. The molecular weight excluding hydrogens is 316 g/mol. The highest BCUT2D eigenvalue weighted by Gasteiger charge is 2.08. The number of aryl methyl sites for hydroxylation is 2. The molecule has 0 bridgehead atoms. The minimum absolute atomic E-state index is 0.405. The molecule has 0 aliphatic heterocycles. The molecule has 5 heteroatoms. The molecule has 0 radical (unpaired) electrons. The van der Waals surface area contributed by atoms with Crippen LogP contribution in [0.3, 0.4) is 0 Å². The molecule has 0 amide bonds. The molecule has 1 aromatic heterocycles. The van der Waals surface area contributed by atoms with Crippen molar-refractivity contribution < 1.29 is 14.3 Å². The highest BCUT2D eigenvalue weighted by atomic mass is 16.6. The monoisotopic (exact) mass is 340 g/mol. The zero-order chi connectivity index (χ0) is 18.1. The number of rotatable bonds is 8. The van der Waals surface area contributed by atoms with Crippen LogP contribution in [0.1, 0.15) is 29.3 Å². The van der Waals surface area contributed by atoms with E-state index in [0.717, 1.165) is 33.9 Å². The number of allylic oxidation sites excluding steroid dienone is 1. The minimum atomic E-state index is 0.405. The molecule has 0 fully saturated rings. The van der Waals surface area contributed by atoms with Crippen LogP contribution < -0.4 is 9.47 Å². The van der Waals surface area contributed by atoms with Crippen molar-refractivity contribution in [1.82, 2.24) is 4.98 Å². The fraction of sp³-hybridized carbons (Fsp3) is 0.300. The molecule has 5 nitrogen and oxygen atoms in total. The van der Waals surface area contributed by atoms with E-state index in [1.54, 1.807) is 12.4 Å². The second-order valence-electron chi connectivity index (χ2n) is 5.55. The highest BCUT2D eigenvalue weighted by Crippen LogP contribution is 2.29. The van der Waals surface area contributed by atoms with E-state index in [1.165, 1.54) is 7.11 Å². The summed E-state index contributed by atoms with van der Waals surface area (Å²) in [6.07, 6.45) is 7.29. The Hall–Kier alpha value is -2.82. The Labute approximate surface area is 148 Å². The molecule has 0 spiro atoms. The van der Waals surface area contributed by atoms with Gasteiger partial charge in [0.25, 0.3) is 0 Å². The molecule has 132 valence electrons. The maximum absolute atomic E-state index is 5.96. The second kappa shape index (κ2) is 9.47. The zero-order valence-corrected chi connectivity index (χ0v) is 15.2. The van der Waals surface area contributed by atoms with Crippen molar-refractivity contribution >= 4 is 6.21 Å². The Balaban J connectivity index is 2.01. The Morgan fingerprint density at radius 3 is 2.48 bits per heavy atom. The van der Waals surface area contributed by atoms with Gasteiger partial charge >= 0.3 is 0 Å². The first-order chi connectivity index (χ1) is 12.1. The lowest BCUT2D eigenvalue weighted by molar-refractivity contribution is 0.215. The summed E-state index contributed by atoms with van der Waals surface area (Å²) in [6.45, 7) is 6.98. The van der Waals surface area contributed by atoms with Crippen LogP contribution in [0.15, 0.2) is 47.8 Å². The summed E-state index contributed by atoms with van der Waals surface area (Å²) in [5, 5.41) is 3.71. The van der Waals surface area contributed by atoms with Crippen LogP contribution in [0.4, 0.5) is 0 Å². The van der Waals surface area contributed by atoms with E-state index in [-0.39, 0.29) is 0 Å². The Kier molecular flexibility index (Phi) is 7.01. The van der Waals surface area contributed by atoms with Crippen LogP contribution in [-0.2, 0) is 11.4 Å². The largest absolute Gasteiger partial charge is 0.490 e. The third-order valence-electron chi connectivity index (χ3n) is 3.53. The van der Waals surface area contributed by atoms with Crippen molar-refractivity contribution in [3.8, 4) is 11.5 Å². The first-order valence-corrected chi connectivity index (χ1v) is 8.13. The van der Waals surface area contributed by atoms with E-state index in [9.17, 15) is 0 Å².